The summed E-state index contributed by atoms with van der Waals surface area (Å²) in [7, 11) is 0. The number of nitrogens with one attached hydrogen (secondary N) is 1. The second-order valence-electron chi connectivity index (χ2n) is 4.08. The monoisotopic (exact) mass is 314 g/mol. The summed E-state index contributed by atoms with van der Waals surface area (Å²) in [4.78, 5) is 12.0. The highest BCUT2D eigenvalue weighted by Crippen LogP contribution is 2.20. The Labute approximate surface area is 122 Å². The summed E-state index contributed by atoms with van der Waals surface area (Å²) in [6.45, 7) is -1.22. The van der Waals surface area contributed by atoms with Crippen molar-refractivity contribution < 1.29 is 18.3 Å². The molecule has 1 atom stereocenters. The topological polar surface area (TPSA) is 90.1 Å². The summed E-state index contributed by atoms with van der Waals surface area (Å²) in [6.07, 6.45) is 0. The van der Waals surface area contributed by atoms with Crippen molar-refractivity contribution in [1.82, 2.24) is 15.5 Å². The Balaban J connectivity index is 2.06. The number of carbonyl (C=O) groups excluding carboxylic acids is 1. The number of rotatable bonds is 5. The first-order chi connectivity index (χ1) is 9.95. The summed E-state index contributed by atoms with van der Waals surface area (Å²) >= 11 is 1.16. The molecule has 9 heteroatoms. The third-order valence-electron chi connectivity index (χ3n) is 2.50. The molecule has 2 aromatic rings. The number of amides is 1. The molecular weight excluding hydrogens is 302 g/mol. The fourth-order valence-corrected chi connectivity index (χ4v) is 2.19. The van der Waals surface area contributed by atoms with Gasteiger partial charge in [0.05, 0.1) is 6.04 Å². The lowest BCUT2D eigenvalue weighted by Gasteiger charge is -2.11. The first-order valence-corrected chi connectivity index (χ1v) is 6.72. The summed E-state index contributed by atoms with van der Waals surface area (Å²) in [5.74, 6) is -0.513. The van der Waals surface area contributed by atoms with Crippen LogP contribution in [0.2, 0.25) is 0 Å². The molecule has 1 heterocycles. The van der Waals surface area contributed by atoms with Crippen LogP contribution in [0.15, 0.2) is 24.3 Å². The molecule has 0 saturated heterocycles. The van der Waals surface area contributed by atoms with E-state index in [0.717, 1.165) is 11.3 Å². The molecule has 0 bridgehead atoms. The van der Waals surface area contributed by atoms with Crippen LogP contribution < -0.4 is 15.8 Å². The van der Waals surface area contributed by atoms with Crippen molar-refractivity contribution in [2.24, 2.45) is 0 Å². The second-order valence-corrected chi connectivity index (χ2v) is 5.12. The lowest BCUT2D eigenvalue weighted by atomic mass is 10.2. The number of carbonyl (C=O) groups is 1. The molecule has 1 aromatic carbocycles. The number of alkyl halides is 2. The van der Waals surface area contributed by atoms with Crippen molar-refractivity contribution in [2.45, 2.75) is 19.6 Å². The van der Waals surface area contributed by atoms with Crippen molar-refractivity contribution in [3.63, 3.8) is 0 Å². The lowest BCUT2D eigenvalue weighted by Crippen LogP contribution is -2.26. The van der Waals surface area contributed by atoms with Crippen LogP contribution in [-0.2, 0) is 0 Å². The fourth-order valence-electron chi connectivity index (χ4n) is 1.58. The summed E-state index contributed by atoms with van der Waals surface area (Å²) in [5, 5.41) is 11.0. The zero-order valence-corrected chi connectivity index (χ0v) is 11.7. The van der Waals surface area contributed by atoms with Crippen LogP contribution in [0.3, 0.4) is 0 Å². The average Bonchev–Trinajstić information content (AvgIpc) is 2.85. The molecule has 0 aliphatic heterocycles. The molecular formula is C12H12F2N4O2S. The molecule has 112 valence electrons. The largest absolute Gasteiger partial charge is 0.435 e. The molecule has 0 aliphatic rings. The van der Waals surface area contributed by atoms with Crippen LogP contribution in [0.1, 0.15) is 28.3 Å². The number of aromatic nitrogens is 2. The quantitative estimate of drug-likeness (QED) is 0.883. The molecule has 21 heavy (non-hydrogen) atoms. The molecule has 0 saturated carbocycles. The van der Waals surface area contributed by atoms with Gasteiger partial charge in [0.2, 0.25) is 5.13 Å². The van der Waals surface area contributed by atoms with Gasteiger partial charge in [-0.05, 0) is 25.1 Å². The van der Waals surface area contributed by atoms with Crippen molar-refractivity contribution in [1.29, 1.82) is 0 Å². The minimum atomic E-state index is -2.94. The Hall–Kier alpha value is -2.29. The molecule has 0 spiro atoms. The van der Waals surface area contributed by atoms with Gasteiger partial charge in [-0.3, -0.25) is 4.79 Å². The van der Waals surface area contributed by atoms with Gasteiger partial charge in [0.1, 0.15) is 10.8 Å². The minimum absolute atomic E-state index is 0.0783. The molecule has 1 amide bonds. The maximum absolute atomic E-state index is 12.1. The molecule has 6 nitrogen and oxygen atoms in total. The molecule has 2 rings (SSSR count). The normalized spacial score (nSPS) is 12.2. The van der Waals surface area contributed by atoms with E-state index in [2.05, 4.69) is 20.3 Å². The van der Waals surface area contributed by atoms with Crippen molar-refractivity contribution in [3.05, 3.63) is 34.8 Å². The van der Waals surface area contributed by atoms with Gasteiger partial charge < -0.3 is 15.8 Å². The van der Waals surface area contributed by atoms with E-state index in [0.29, 0.717) is 10.1 Å². The van der Waals surface area contributed by atoms with Crippen LogP contribution in [-0.4, -0.2) is 22.7 Å². The molecule has 0 aliphatic carbocycles. The van der Waals surface area contributed by atoms with Gasteiger partial charge in [-0.1, -0.05) is 17.4 Å². The number of hydrogen-bond acceptors (Lipinski definition) is 6. The predicted octanol–water partition coefficient (Wildman–Crippen LogP) is 2.21. The SMILES string of the molecule is C[C@@H](NC(=O)c1cccc(OC(F)F)c1)c1nnc(N)s1. The van der Waals surface area contributed by atoms with Crippen LogP contribution in [0.25, 0.3) is 0 Å². The Morgan fingerprint density at radius 3 is 2.81 bits per heavy atom. The van der Waals surface area contributed by atoms with Crippen molar-refractivity contribution in [3.8, 4) is 5.75 Å². The third kappa shape index (κ3) is 4.09. The Morgan fingerprint density at radius 1 is 1.43 bits per heavy atom. The Bertz CT molecular complexity index is 635. The van der Waals surface area contributed by atoms with E-state index in [1.165, 1.54) is 24.3 Å². The Kier molecular flexibility index (Phi) is 4.63. The number of hydrogen-bond donors (Lipinski definition) is 2. The standard InChI is InChI=1S/C12H12F2N4O2S/c1-6(10-17-18-12(15)21-10)16-9(19)7-3-2-4-8(5-7)20-11(13)14/h2-6,11H,1H3,(H2,15,18)(H,16,19)/t6-/m1/s1. The second kappa shape index (κ2) is 6.44. The number of benzene rings is 1. The van der Waals surface area contributed by atoms with E-state index >= 15 is 0 Å². The Morgan fingerprint density at radius 2 is 2.19 bits per heavy atom. The first kappa shape index (κ1) is 15.1. The van der Waals surface area contributed by atoms with Crippen molar-refractivity contribution >= 4 is 22.4 Å². The van der Waals surface area contributed by atoms with Crippen LogP contribution in [0.4, 0.5) is 13.9 Å². The molecule has 0 fully saturated rings. The molecule has 0 unspecified atom stereocenters. The number of nitrogens with two attached hydrogens (primary N) is 1. The van der Waals surface area contributed by atoms with Crippen molar-refractivity contribution in [2.75, 3.05) is 5.73 Å². The van der Waals surface area contributed by atoms with Gasteiger partial charge in [0, 0.05) is 5.56 Å². The zero-order valence-electron chi connectivity index (χ0n) is 10.9. The number of halogens is 2. The number of ether oxygens (including phenoxy) is 1. The fraction of sp³-hybridized carbons (Fsp3) is 0.250. The predicted molar refractivity (Wildman–Crippen MR) is 73.3 cm³/mol. The number of nitrogens with zero attached hydrogens (tertiary/aromatic N) is 2. The minimum Gasteiger partial charge on any atom is -0.435 e. The van der Waals surface area contributed by atoms with Gasteiger partial charge in [0.25, 0.3) is 5.91 Å². The first-order valence-electron chi connectivity index (χ1n) is 5.90. The van der Waals surface area contributed by atoms with Crippen LogP contribution in [0, 0.1) is 0 Å². The van der Waals surface area contributed by atoms with E-state index in [-0.39, 0.29) is 11.3 Å². The van der Waals surface area contributed by atoms with Gasteiger partial charge in [-0.25, -0.2) is 0 Å². The molecule has 0 radical (unpaired) electrons. The highest BCUT2D eigenvalue weighted by atomic mass is 32.1. The summed E-state index contributed by atoms with van der Waals surface area (Å²) in [5.41, 5.74) is 5.68. The van der Waals surface area contributed by atoms with Gasteiger partial charge in [-0.2, -0.15) is 8.78 Å². The van der Waals surface area contributed by atoms with E-state index in [1.807, 2.05) is 0 Å². The zero-order chi connectivity index (χ0) is 15.4. The van der Waals surface area contributed by atoms with E-state index < -0.39 is 18.6 Å². The summed E-state index contributed by atoms with van der Waals surface area (Å²) < 4.78 is 28.5. The lowest BCUT2D eigenvalue weighted by molar-refractivity contribution is -0.0498. The third-order valence-corrected chi connectivity index (χ3v) is 3.43. The number of nitrogen functional groups attached to an aromatic ring is 1. The average molecular weight is 314 g/mol. The summed E-state index contributed by atoms with van der Waals surface area (Å²) in [6, 6.07) is 5.14. The van der Waals surface area contributed by atoms with Crippen LogP contribution >= 0.6 is 11.3 Å². The highest BCUT2D eigenvalue weighted by Gasteiger charge is 2.16. The van der Waals surface area contributed by atoms with Gasteiger partial charge in [-0.15, -0.1) is 10.2 Å². The molecule has 1 aromatic heterocycles. The maximum atomic E-state index is 12.1. The highest BCUT2D eigenvalue weighted by molar-refractivity contribution is 7.15. The van der Waals surface area contributed by atoms with E-state index in [9.17, 15) is 13.6 Å². The number of anilines is 1. The van der Waals surface area contributed by atoms with E-state index in [4.69, 9.17) is 5.73 Å². The maximum Gasteiger partial charge on any atom is 0.387 e. The van der Waals surface area contributed by atoms with E-state index in [1.54, 1.807) is 6.92 Å². The smallest absolute Gasteiger partial charge is 0.387 e. The van der Waals surface area contributed by atoms with Gasteiger partial charge in [0.15, 0.2) is 0 Å². The van der Waals surface area contributed by atoms with Crippen LogP contribution in [0.5, 0.6) is 5.75 Å². The molecule has 3 N–H and O–H groups in total. The van der Waals surface area contributed by atoms with Gasteiger partial charge >= 0.3 is 6.61 Å².